The molecule has 15 heteroatoms. The lowest BCUT2D eigenvalue weighted by Gasteiger charge is -2.29. The lowest BCUT2D eigenvalue weighted by molar-refractivity contribution is -0.136. The van der Waals surface area contributed by atoms with Crippen LogP contribution in [-0.2, 0) is 15.8 Å². The molecule has 0 bridgehead atoms. The van der Waals surface area contributed by atoms with Crippen molar-refractivity contribution >= 4 is 56.6 Å². The van der Waals surface area contributed by atoms with Crippen LogP contribution in [0.2, 0.25) is 5.02 Å². The second kappa shape index (κ2) is 8.37. The number of hydrogen-bond donors (Lipinski definition) is 2. The third-order valence-electron chi connectivity index (χ3n) is 4.97. The highest BCUT2D eigenvalue weighted by molar-refractivity contribution is 7.16. The van der Waals surface area contributed by atoms with Gasteiger partial charge in [-0.25, -0.2) is 18.7 Å². The SMILES string of the molecule is [2H]C([2H])([2H])N(C(=O)[C@@H]1[C@H](O)[C@H](O)C(=O)N1c1cc(C(F)(F)F)c2ncsc2n1)c1cc(Cl)c(F)cc1F. The number of likely N-dealkylation sites (N-methyl/N-ethyl adjacent to an activating group) is 1. The van der Waals surface area contributed by atoms with E-state index >= 15 is 0 Å². The standard InChI is InChI=1S/C19H12ClF5N4O4S/c1-28(10-3-7(20)8(21)4-9(10)22)17(32)13-14(30)15(31)18(33)29(13)11-2-6(19(23,24)25)12-16(27-11)34-5-26-12/h2-5,13-15,30-31H,1H3/t13-,14-,15-/m0/s1/i1D3. The molecule has 1 aromatic carbocycles. The molecule has 2 aromatic heterocycles. The van der Waals surface area contributed by atoms with E-state index in [2.05, 4.69) is 9.97 Å². The molecular weight excluding hydrogens is 511 g/mol. The van der Waals surface area contributed by atoms with Crippen molar-refractivity contribution in [1.29, 1.82) is 0 Å². The molecular formula is C19H12ClF5N4O4S. The molecule has 3 heterocycles. The Morgan fingerprint density at radius 1 is 1.26 bits per heavy atom. The summed E-state index contributed by atoms with van der Waals surface area (Å²) >= 11 is 6.26. The van der Waals surface area contributed by atoms with E-state index in [1.807, 2.05) is 0 Å². The van der Waals surface area contributed by atoms with Crippen molar-refractivity contribution < 1.29 is 45.9 Å². The van der Waals surface area contributed by atoms with Crippen molar-refractivity contribution in [2.75, 3.05) is 16.8 Å². The molecule has 0 saturated carbocycles. The molecule has 1 saturated heterocycles. The fourth-order valence-corrected chi connectivity index (χ4v) is 4.21. The molecule has 1 fully saturated rings. The van der Waals surface area contributed by atoms with Gasteiger partial charge in [-0.2, -0.15) is 13.2 Å². The summed E-state index contributed by atoms with van der Waals surface area (Å²) in [6, 6.07) is -1.41. The first-order chi connectivity index (χ1) is 17.0. The van der Waals surface area contributed by atoms with Crippen LogP contribution in [-0.4, -0.2) is 57.2 Å². The lowest BCUT2D eigenvalue weighted by atomic mass is 10.1. The highest BCUT2D eigenvalue weighted by Gasteiger charge is 2.53. The van der Waals surface area contributed by atoms with E-state index in [0.29, 0.717) is 23.5 Å². The minimum atomic E-state index is -5.01. The van der Waals surface area contributed by atoms with Gasteiger partial charge in [0.1, 0.15) is 39.9 Å². The Bertz CT molecular complexity index is 1420. The summed E-state index contributed by atoms with van der Waals surface area (Å²) in [6.45, 7) is -3.53. The number of thiazole rings is 1. The van der Waals surface area contributed by atoms with Crippen LogP contribution in [0.15, 0.2) is 23.7 Å². The Kier molecular flexibility index (Phi) is 5.03. The number of aliphatic hydroxyl groups excluding tert-OH is 2. The van der Waals surface area contributed by atoms with Gasteiger partial charge >= 0.3 is 6.18 Å². The molecule has 1 aliphatic heterocycles. The van der Waals surface area contributed by atoms with Gasteiger partial charge in [0.05, 0.1) is 21.8 Å². The third-order valence-corrected chi connectivity index (χ3v) is 5.97. The maximum Gasteiger partial charge on any atom is 0.418 e. The third kappa shape index (κ3) is 3.85. The van der Waals surface area contributed by atoms with Crippen LogP contribution in [0.3, 0.4) is 0 Å². The van der Waals surface area contributed by atoms with Crippen molar-refractivity contribution in [2.24, 2.45) is 0 Å². The Morgan fingerprint density at radius 2 is 1.97 bits per heavy atom. The van der Waals surface area contributed by atoms with E-state index in [0.717, 1.165) is 5.51 Å². The number of alkyl halides is 3. The second-order valence-electron chi connectivity index (χ2n) is 7.01. The van der Waals surface area contributed by atoms with E-state index < -0.39 is 82.5 Å². The average Bonchev–Trinajstić information content (AvgIpc) is 3.33. The molecule has 1 aliphatic rings. The Hall–Kier alpha value is -2.94. The maximum atomic E-state index is 14.6. The second-order valence-corrected chi connectivity index (χ2v) is 8.25. The van der Waals surface area contributed by atoms with Gasteiger partial charge in [0, 0.05) is 17.2 Å². The van der Waals surface area contributed by atoms with E-state index in [1.165, 1.54) is 0 Å². The number of halogens is 6. The smallest absolute Gasteiger partial charge is 0.387 e. The predicted octanol–water partition coefficient (Wildman–Crippen LogP) is 2.74. The van der Waals surface area contributed by atoms with E-state index in [9.17, 15) is 41.8 Å². The van der Waals surface area contributed by atoms with Crippen LogP contribution in [0, 0.1) is 11.6 Å². The molecule has 8 nitrogen and oxygen atoms in total. The normalized spacial score (nSPS) is 22.6. The van der Waals surface area contributed by atoms with Crippen LogP contribution >= 0.6 is 22.9 Å². The van der Waals surface area contributed by atoms with Gasteiger partial charge in [0.25, 0.3) is 11.8 Å². The summed E-state index contributed by atoms with van der Waals surface area (Å²) in [5.74, 6) is -6.97. The topological polar surface area (TPSA) is 107 Å². The minimum absolute atomic E-state index is 0.182. The van der Waals surface area contributed by atoms with E-state index in [-0.39, 0.29) is 20.7 Å². The summed E-state index contributed by atoms with van der Waals surface area (Å²) in [5, 5.41) is 19.8. The number of rotatable bonds is 3. The number of anilines is 2. The largest absolute Gasteiger partial charge is 0.418 e. The number of pyridine rings is 1. The fraction of sp³-hybridized carbons (Fsp3) is 0.263. The number of aromatic nitrogens is 2. The monoisotopic (exact) mass is 525 g/mol. The van der Waals surface area contributed by atoms with Gasteiger partial charge in [0.15, 0.2) is 6.10 Å². The molecule has 0 spiro atoms. The van der Waals surface area contributed by atoms with Gasteiger partial charge < -0.3 is 15.1 Å². The van der Waals surface area contributed by atoms with Gasteiger partial charge in [0.2, 0.25) is 0 Å². The summed E-state index contributed by atoms with van der Waals surface area (Å²) < 4.78 is 92.4. The molecule has 4 rings (SSSR count). The average molecular weight is 526 g/mol. The van der Waals surface area contributed by atoms with Crippen molar-refractivity contribution in [3.63, 3.8) is 0 Å². The number of amides is 2. The Morgan fingerprint density at radius 3 is 2.62 bits per heavy atom. The molecule has 0 unspecified atom stereocenters. The minimum Gasteiger partial charge on any atom is -0.387 e. The van der Waals surface area contributed by atoms with Gasteiger partial charge in [-0.3, -0.25) is 14.5 Å². The highest BCUT2D eigenvalue weighted by Crippen LogP contribution is 2.39. The summed E-state index contributed by atoms with van der Waals surface area (Å²) in [7, 11) is 0. The molecule has 34 heavy (non-hydrogen) atoms. The van der Waals surface area contributed by atoms with Crippen LogP contribution < -0.4 is 9.80 Å². The molecule has 2 amide bonds. The number of hydrogen-bond acceptors (Lipinski definition) is 7. The first kappa shape index (κ1) is 20.4. The van der Waals surface area contributed by atoms with Gasteiger partial charge in [-0.05, 0) is 12.1 Å². The zero-order chi connectivity index (χ0) is 27.6. The number of aliphatic hydroxyl groups is 2. The van der Waals surface area contributed by atoms with Crippen LogP contribution in [0.1, 0.15) is 9.68 Å². The number of nitrogens with zero attached hydrogens (tertiary/aromatic N) is 4. The number of fused-ring (bicyclic) bond motifs is 1. The molecule has 180 valence electrons. The molecule has 3 atom stereocenters. The number of carbonyl (C=O) groups excluding carboxylic acids is 2. The van der Waals surface area contributed by atoms with Crippen molar-refractivity contribution in [3.8, 4) is 0 Å². The maximum absolute atomic E-state index is 14.6. The molecule has 2 N–H and O–H groups in total. The summed E-state index contributed by atoms with van der Waals surface area (Å²) in [4.78, 5) is 33.3. The van der Waals surface area contributed by atoms with Crippen LogP contribution in [0.25, 0.3) is 10.3 Å². The zero-order valence-corrected chi connectivity index (χ0v) is 17.8. The van der Waals surface area contributed by atoms with E-state index in [4.69, 9.17) is 15.7 Å². The highest BCUT2D eigenvalue weighted by atomic mass is 35.5. The van der Waals surface area contributed by atoms with Crippen LogP contribution in [0.5, 0.6) is 0 Å². The molecule has 0 aliphatic carbocycles. The van der Waals surface area contributed by atoms with Crippen molar-refractivity contribution in [2.45, 2.75) is 24.4 Å². The predicted molar refractivity (Wildman–Crippen MR) is 110 cm³/mol. The summed E-state index contributed by atoms with van der Waals surface area (Å²) in [6.07, 6.45) is -9.78. The van der Waals surface area contributed by atoms with Gasteiger partial charge in [-0.15, -0.1) is 11.3 Å². The number of carbonyl (C=O) groups is 2. The number of benzene rings is 1. The first-order valence-corrected chi connectivity index (χ1v) is 10.3. The van der Waals surface area contributed by atoms with Crippen molar-refractivity contribution in [1.82, 2.24) is 9.97 Å². The molecule has 3 aromatic rings. The molecule has 0 radical (unpaired) electrons. The van der Waals surface area contributed by atoms with Crippen molar-refractivity contribution in [3.05, 3.63) is 45.9 Å². The van der Waals surface area contributed by atoms with Gasteiger partial charge in [-0.1, -0.05) is 11.6 Å². The lowest BCUT2D eigenvalue weighted by Crippen LogP contribution is -2.50. The fourth-order valence-electron chi connectivity index (χ4n) is 3.37. The zero-order valence-electron chi connectivity index (χ0n) is 19.2. The Balaban J connectivity index is 1.90. The summed E-state index contributed by atoms with van der Waals surface area (Å²) in [5.41, 5.74) is -2.00. The van der Waals surface area contributed by atoms with Crippen LogP contribution in [0.4, 0.5) is 33.5 Å². The van der Waals surface area contributed by atoms with E-state index in [1.54, 1.807) is 0 Å². The quantitative estimate of drug-likeness (QED) is 0.402. The Labute approximate surface area is 200 Å². The first-order valence-electron chi connectivity index (χ1n) is 10.5.